The Kier molecular flexibility index (Phi) is 6.06. The van der Waals surface area contributed by atoms with Crippen molar-refractivity contribution < 1.29 is 9.18 Å². The molecule has 0 fully saturated rings. The minimum atomic E-state index is -0.784. The van der Waals surface area contributed by atoms with E-state index >= 15 is 0 Å². The van der Waals surface area contributed by atoms with Crippen LogP contribution in [-0.4, -0.2) is 39.8 Å². The molecule has 10 heteroatoms. The van der Waals surface area contributed by atoms with Gasteiger partial charge in [-0.25, -0.2) is 9.37 Å². The number of hydrogen-bond acceptors (Lipinski definition) is 7. The lowest BCUT2D eigenvalue weighted by Gasteiger charge is -2.22. The van der Waals surface area contributed by atoms with Crippen LogP contribution < -0.4 is 27.4 Å². The largest absolute Gasteiger partial charge is 0.371 e. The van der Waals surface area contributed by atoms with Gasteiger partial charge < -0.3 is 27.4 Å². The first-order valence-electron chi connectivity index (χ1n) is 9.69. The second-order valence-corrected chi connectivity index (χ2v) is 7.18. The quantitative estimate of drug-likeness (QED) is 0.382. The van der Waals surface area contributed by atoms with Gasteiger partial charge in [0.15, 0.2) is 17.5 Å². The smallest absolute Gasteiger partial charge is 0.252 e. The zero-order chi connectivity index (χ0) is 22.0. The predicted molar refractivity (Wildman–Crippen MR) is 118 cm³/mol. The summed E-state index contributed by atoms with van der Waals surface area (Å²) < 4.78 is 16.3. The van der Waals surface area contributed by atoms with Gasteiger partial charge in [-0.3, -0.25) is 9.48 Å². The molecule has 0 aliphatic heterocycles. The number of carbonyl (C=O) groups is 1. The summed E-state index contributed by atoms with van der Waals surface area (Å²) in [6.45, 7) is 3.77. The number of carbonyl (C=O) groups excluding carboxylic acids is 1. The summed E-state index contributed by atoms with van der Waals surface area (Å²) in [6.07, 6.45) is 0.684. The fourth-order valence-electron chi connectivity index (χ4n) is 3.32. The second kappa shape index (κ2) is 8.54. The highest BCUT2D eigenvalue weighted by molar-refractivity contribution is 5.99. The molecule has 9 nitrogen and oxygen atoms in total. The van der Waals surface area contributed by atoms with Crippen molar-refractivity contribution in [2.45, 2.75) is 32.4 Å². The van der Waals surface area contributed by atoms with Crippen LogP contribution in [0.25, 0.3) is 10.9 Å². The molecule has 0 unspecified atom stereocenters. The average Bonchev–Trinajstić information content (AvgIpc) is 3.02. The van der Waals surface area contributed by atoms with E-state index in [1.165, 1.54) is 0 Å². The third-order valence-corrected chi connectivity index (χ3v) is 4.99. The van der Waals surface area contributed by atoms with E-state index in [9.17, 15) is 9.18 Å². The molecule has 0 bridgehead atoms. The van der Waals surface area contributed by atoms with Crippen molar-refractivity contribution in [1.82, 2.24) is 14.8 Å². The summed E-state index contributed by atoms with van der Waals surface area (Å²) in [4.78, 5) is 16.2. The number of nitrogens with one attached hydrogen (secondary N) is 3. The number of anilines is 4. The number of amides is 1. The number of rotatable bonds is 8. The van der Waals surface area contributed by atoms with Gasteiger partial charge >= 0.3 is 0 Å². The maximum Gasteiger partial charge on any atom is 0.252 e. The van der Waals surface area contributed by atoms with Crippen molar-refractivity contribution in [3.63, 3.8) is 0 Å². The molecule has 0 aliphatic rings. The minimum Gasteiger partial charge on any atom is -0.371 e. The Morgan fingerprint density at radius 1 is 1.27 bits per heavy atom. The number of pyridine rings is 1. The van der Waals surface area contributed by atoms with E-state index in [1.54, 1.807) is 11.7 Å². The third kappa shape index (κ3) is 4.13. The van der Waals surface area contributed by atoms with Crippen LogP contribution in [0.2, 0.25) is 0 Å². The van der Waals surface area contributed by atoms with Gasteiger partial charge in [0, 0.05) is 37.3 Å². The van der Waals surface area contributed by atoms with E-state index in [0.717, 1.165) is 17.0 Å². The zero-order valence-corrected chi connectivity index (χ0v) is 17.5. The first-order valence-corrected chi connectivity index (χ1v) is 9.69. The zero-order valence-electron chi connectivity index (χ0n) is 17.5. The average molecular weight is 414 g/mol. The Bertz CT molecular complexity index is 1080. The number of nitrogens with two attached hydrogens (primary N) is 2. The summed E-state index contributed by atoms with van der Waals surface area (Å²) in [7, 11) is 3.64. The van der Waals surface area contributed by atoms with Gasteiger partial charge in [0.25, 0.3) is 5.91 Å². The fraction of sp³-hybridized carbons (Fsp3) is 0.350. The van der Waals surface area contributed by atoms with Gasteiger partial charge in [-0.1, -0.05) is 6.92 Å². The summed E-state index contributed by atoms with van der Waals surface area (Å²) in [6, 6.07) is 6.27. The summed E-state index contributed by atoms with van der Waals surface area (Å²) >= 11 is 0. The SMILES string of the molecule is CC[C@@H](Nc1nc(Nc2ccc3c(c2)c(NC)nn3C)c(C(N)=O)cc1F)[C@H](C)N. The molecule has 0 saturated carbocycles. The van der Waals surface area contributed by atoms with Crippen molar-refractivity contribution in [3.8, 4) is 0 Å². The summed E-state index contributed by atoms with van der Waals surface area (Å²) in [5.41, 5.74) is 12.9. The maximum atomic E-state index is 14.6. The molecule has 30 heavy (non-hydrogen) atoms. The molecule has 3 rings (SSSR count). The van der Waals surface area contributed by atoms with Crippen LogP contribution in [0.4, 0.5) is 27.5 Å². The van der Waals surface area contributed by atoms with Crippen LogP contribution in [0.3, 0.4) is 0 Å². The number of nitrogens with zero attached hydrogens (tertiary/aromatic N) is 3. The summed E-state index contributed by atoms with van der Waals surface area (Å²) in [5.74, 6) is -0.588. The number of hydrogen-bond donors (Lipinski definition) is 5. The standard InChI is InChI=1S/C20H27FN8O/c1-5-15(10(2)22)26-20-14(21)9-13(17(23)30)19(27-20)25-11-6-7-16-12(8-11)18(24-3)28-29(16)4/h6-10,15H,5,22H2,1-4H3,(H2,23,30)(H,24,28)(H2,25,26,27)/t10-,15+/m0/s1. The molecule has 0 aliphatic carbocycles. The molecule has 1 amide bonds. The topological polar surface area (TPSA) is 136 Å². The molecular formula is C20H27FN8O. The van der Waals surface area contributed by atoms with Gasteiger partial charge in [0.2, 0.25) is 0 Å². The van der Waals surface area contributed by atoms with Gasteiger partial charge in [-0.05, 0) is 37.6 Å². The van der Waals surface area contributed by atoms with Crippen molar-refractivity contribution in [3.05, 3.63) is 35.6 Å². The Hall–Kier alpha value is -3.40. The molecule has 0 radical (unpaired) electrons. The highest BCUT2D eigenvalue weighted by Crippen LogP contribution is 2.29. The lowest BCUT2D eigenvalue weighted by atomic mass is 10.1. The Balaban J connectivity index is 2.02. The molecule has 2 atom stereocenters. The lowest BCUT2D eigenvalue weighted by Crippen LogP contribution is -2.38. The molecular weight excluding hydrogens is 387 g/mol. The van der Waals surface area contributed by atoms with Crippen molar-refractivity contribution in [1.29, 1.82) is 0 Å². The highest BCUT2D eigenvalue weighted by Gasteiger charge is 2.20. The van der Waals surface area contributed by atoms with Gasteiger partial charge in [0.05, 0.1) is 11.1 Å². The van der Waals surface area contributed by atoms with E-state index in [2.05, 4.69) is 26.0 Å². The second-order valence-electron chi connectivity index (χ2n) is 7.18. The maximum absolute atomic E-state index is 14.6. The van der Waals surface area contributed by atoms with E-state index in [-0.39, 0.29) is 29.3 Å². The minimum absolute atomic E-state index is 0.00465. The number of aryl methyl sites for hydroxylation is 1. The lowest BCUT2D eigenvalue weighted by molar-refractivity contribution is 0.100. The first kappa shape index (κ1) is 21.3. The molecule has 0 spiro atoms. The fourth-order valence-corrected chi connectivity index (χ4v) is 3.32. The predicted octanol–water partition coefficient (Wildman–Crippen LogP) is 2.53. The normalized spacial score (nSPS) is 13.1. The Morgan fingerprint density at radius 3 is 2.60 bits per heavy atom. The van der Waals surface area contributed by atoms with Crippen LogP contribution >= 0.6 is 0 Å². The number of benzene rings is 1. The van der Waals surface area contributed by atoms with Gasteiger partial charge in [-0.15, -0.1) is 0 Å². The first-order chi connectivity index (χ1) is 14.2. The molecule has 1 aromatic carbocycles. The van der Waals surface area contributed by atoms with E-state index in [4.69, 9.17) is 11.5 Å². The summed E-state index contributed by atoms with van der Waals surface area (Å²) in [5, 5.41) is 14.4. The van der Waals surface area contributed by atoms with Crippen molar-refractivity contribution in [2.24, 2.45) is 18.5 Å². The molecule has 2 aromatic heterocycles. The molecule has 7 N–H and O–H groups in total. The van der Waals surface area contributed by atoms with Crippen LogP contribution in [0, 0.1) is 5.82 Å². The van der Waals surface area contributed by atoms with E-state index < -0.39 is 11.7 Å². The van der Waals surface area contributed by atoms with Crippen LogP contribution in [0.15, 0.2) is 24.3 Å². The van der Waals surface area contributed by atoms with Crippen molar-refractivity contribution >= 4 is 40.0 Å². The molecule has 160 valence electrons. The number of halogens is 1. The van der Waals surface area contributed by atoms with Crippen LogP contribution in [0.5, 0.6) is 0 Å². The third-order valence-electron chi connectivity index (χ3n) is 4.99. The van der Waals surface area contributed by atoms with E-state index in [1.807, 2.05) is 39.1 Å². The molecule has 0 saturated heterocycles. The monoisotopic (exact) mass is 414 g/mol. The Morgan fingerprint density at radius 2 is 2.00 bits per heavy atom. The molecule has 3 aromatic rings. The van der Waals surface area contributed by atoms with Gasteiger partial charge in [-0.2, -0.15) is 5.10 Å². The van der Waals surface area contributed by atoms with Crippen LogP contribution in [-0.2, 0) is 7.05 Å². The van der Waals surface area contributed by atoms with E-state index in [0.29, 0.717) is 17.9 Å². The highest BCUT2D eigenvalue weighted by atomic mass is 19.1. The number of fused-ring (bicyclic) bond motifs is 1. The number of aromatic nitrogens is 3. The Labute approximate surface area is 174 Å². The van der Waals surface area contributed by atoms with Crippen molar-refractivity contribution in [2.75, 3.05) is 23.0 Å². The number of primary amides is 1. The molecule has 2 heterocycles. The van der Waals surface area contributed by atoms with Crippen LogP contribution in [0.1, 0.15) is 30.6 Å². The van der Waals surface area contributed by atoms with Gasteiger partial charge in [0.1, 0.15) is 5.82 Å².